The summed E-state index contributed by atoms with van der Waals surface area (Å²) in [6.07, 6.45) is 8.95. The third-order valence-electron chi connectivity index (χ3n) is 4.61. The maximum Gasteiger partial charge on any atom is 0.0431 e. The highest BCUT2D eigenvalue weighted by Crippen LogP contribution is 2.30. The highest BCUT2D eigenvalue weighted by atomic mass is 16.2. The van der Waals surface area contributed by atoms with Crippen LogP contribution in [0.25, 0.3) is 0 Å². The zero-order chi connectivity index (χ0) is 12.8. The minimum absolute atomic E-state index is 0.354. The lowest BCUT2D eigenvalue weighted by atomic mass is 9.85. The first kappa shape index (κ1) is 14.3. The summed E-state index contributed by atoms with van der Waals surface area (Å²) >= 11 is 0. The van der Waals surface area contributed by atoms with Crippen molar-refractivity contribution in [2.24, 2.45) is 5.92 Å². The van der Waals surface area contributed by atoms with Crippen molar-refractivity contribution in [2.75, 3.05) is 26.2 Å². The molecule has 0 bridgehead atoms. The van der Waals surface area contributed by atoms with Crippen molar-refractivity contribution in [1.29, 1.82) is 0 Å². The molecule has 0 radical (unpaired) electrons. The Morgan fingerprint density at radius 1 is 1.28 bits per heavy atom. The third-order valence-corrected chi connectivity index (χ3v) is 4.61. The average Bonchev–Trinajstić information content (AvgIpc) is 2.31. The molecule has 1 heterocycles. The first-order chi connectivity index (χ1) is 8.83. The number of piperidine rings is 1. The Morgan fingerprint density at radius 2 is 2.11 bits per heavy atom. The van der Waals surface area contributed by atoms with Crippen LogP contribution in [-0.4, -0.2) is 48.3 Å². The smallest absolute Gasteiger partial charge is 0.0431 e. The van der Waals surface area contributed by atoms with Crippen LogP contribution in [-0.2, 0) is 0 Å². The van der Waals surface area contributed by atoms with E-state index in [-0.39, 0.29) is 0 Å². The Kier molecular flexibility index (Phi) is 5.93. The van der Waals surface area contributed by atoms with Crippen molar-refractivity contribution >= 4 is 0 Å². The number of nitrogens with zero attached hydrogens (tertiary/aromatic N) is 1. The second-order valence-corrected chi connectivity index (χ2v) is 6.16. The molecule has 0 aromatic heterocycles. The predicted octanol–water partition coefficient (Wildman–Crippen LogP) is 2.00. The van der Waals surface area contributed by atoms with Crippen LogP contribution in [0.3, 0.4) is 0 Å². The summed E-state index contributed by atoms with van der Waals surface area (Å²) in [5, 5.41) is 12.7. The minimum atomic E-state index is 0.354. The summed E-state index contributed by atoms with van der Waals surface area (Å²) in [5.74, 6) is 0.792. The standard InChI is InChI=1S/C15H30N2O/c1-2-8-16-14-10-13(5-4-9-18)11-17(12-14)15-6-3-7-15/h13-16,18H,2-12H2,1H3. The molecule has 2 aliphatic rings. The molecular formula is C15H30N2O. The molecule has 0 aromatic carbocycles. The summed E-state index contributed by atoms with van der Waals surface area (Å²) in [6, 6.07) is 1.55. The van der Waals surface area contributed by atoms with Crippen molar-refractivity contribution in [3.63, 3.8) is 0 Å². The molecule has 3 nitrogen and oxygen atoms in total. The van der Waals surface area contributed by atoms with Crippen molar-refractivity contribution in [1.82, 2.24) is 10.2 Å². The van der Waals surface area contributed by atoms with Gasteiger partial charge in [-0.15, -0.1) is 0 Å². The topological polar surface area (TPSA) is 35.5 Å². The van der Waals surface area contributed by atoms with Gasteiger partial charge in [-0.3, -0.25) is 4.90 Å². The van der Waals surface area contributed by atoms with E-state index in [9.17, 15) is 0 Å². The molecule has 0 amide bonds. The number of rotatable bonds is 7. The van der Waals surface area contributed by atoms with E-state index in [1.165, 1.54) is 51.6 Å². The summed E-state index contributed by atoms with van der Waals surface area (Å²) in [6.45, 7) is 6.26. The molecule has 1 saturated carbocycles. The third kappa shape index (κ3) is 3.94. The zero-order valence-electron chi connectivity index (χ0n) is 11.9. The molecule has 2 atom stereocenters. The van der Waals surface area contributed by atoms with Gasteiger partial charge in [-0.1, -0.05) is 13.3 Å². The van der Waals surface area contributed by atoms with Crippen LogP contribution in [0.5, 0.6) is 0 Å². The van der Waals surface area contributed by atoms with Crippen LogP contribution < -0.4 is 5.32 Å². The van der Waals surface area contributed by atoms with Gasteiger partial charge in [-0.25, -0.2) is 0 Å². The fraction of sp³-hybridized carbons (Fsp3) is 1.00. The van der Waals surface area contributed by atoms with Gasteiger partial charge in [0.15, 0.2) is 0 Å². The lowest BCUT2D eigenvalue weighted by Gasteiger charge is -2.45. The van der Waals surface area contributed by atoms with Crippen LogP contribution in [0.15, 0.2) is 0 Å². The van der Waals surface area contributed by atoms with Gasteiger partial charge < -0.3 is 10.4 Å². The van der Waals surface area contributed by atoms with Gasteiger partial charge in [-0.2, -0.15) is 0 Å². The lowest BCUT2D eigenvalue weighted by Crippen LogP contribution is -2.54. The summed E-state index contributed by atoms with van der Waals surface area (Å²) < 4.78 is 0. The summed E-state index contributed by atoms with van der Waals surface area (Å²) in [5.41, 5.74) is 0. The molecule has 2 fully saturated rings. The number of hydrogen-bond donors (Lipinski definition) is 2. The van der Waals surface area contributed by atoms with E-state index in [1.54, 1.807) is 0 Å². The van der Waals surface area contributed by atoms with Gasteiger partial charge in [0.05, 0.1) is 0 Å². The Balaban J connectivity index is 1.82. The Bertz CT molecular complexity index is 215. The van der Waals surface area contributed by atoms with Gasteiger partial charge in [0.2, 0.25) is 0 Å². The van der Waals surface area contributed by atoms with Crippen LogP contribution in [0.1, 0.15) is 51.9 Å². The zero-order valence-corrected chi connectivity index (χ0v) is 11.9. The van der Waals surface area contributed by atoms with Gasteiger partial charge >= 0.3 is 0 Å². The van der Waals surface area contributed by atoms with Crippen molar-refractivity contribution in [3.05, 3.63) is 0 Å². The van der Waals surface area contributed by atoms with Crippen molar-refractivity contribution in [2.45, 2.75) is 64.0 Å². The van der Waals surface area contributed by atoms with E-state index in [0.29, 0.717) is 12.6 Å². The molecule has 0 spiro atoms. The number of hydrogen-bond acceptors (Lipinski definition) is 3. The molecule has 3 heteroatoms. The van der Waals surface area contributed by atoms with E-state index in [4.69, 9.17) is 5.11 Å². The number of nitrogens with one attached hydrogen (secondary N) is 1. The normalized spacial score (nSPS) is 30.3. The monoisotopic (exact) mass is 254 g/mol. The average molecular weight is 254 g/mol. The van der Waals surface area contributed by atoms with Gasteiger partial charge in [0.1, 0.15) is 0 Å². The molecule has 1 aliphatic heterocycles. The lowest BCUT2D eigenvalue weighted by molar-refractivity contribution is 0.0543. The molecule has 2 rings (SSSR count). The maximum atomic E-state index is 9.01. The van der Waals surface area contributed by atoms with Gasteiger partial charge in [-0.05, 0) is 51.0 Å². The fourth-order valence-corrected chi connectivity index (χ4v) is 3.38. The first-order valence-corrected chi connectivity index (χ1v) is 7.91. The Morgan fingerprint density at radius 3 is 2.72 bits per heavy atom. The molecule has 1 saturated heterocycles. The Hall–Kier alpha value is -0.120. The highest BCUT2D eigenvalue weighted by molar-refractivity contribution is 4.89. The van der Waals surface area contributed by atoms with Crippen LogP contribution in [0.4, 0.5) is 0 Å². The van der Waals surface area contributed by atoms with E-state index in [0.717, 1.165) is 24.9 Å². The van der Waals surface area contributed by atoms with Gasteiger partial charge in [0, 0.05) is 31.8 Å². The number of aliphatic hydroxyl groups is 1. The molecule has 2 N–H and O–H groups in total. The second kappa shape index (κ2) is 7.46. The van der Waals surface area contributed by atoms with E-state index in [2.05, 4.69) is 17.1 Å². The van der Waals surface area contributed by atoms with Crippen LogP contribution in [0.2, 0.25) is 0 Å². The Labute approximate surface area is 112 Å². The largest absolute Gasteiger partial charge is 0.396 e. The summed E-state index contributed by atoms with van der Waals surface area (Å²) in [4.78, 5) is 2.72. The molecule has 106 valence electrons. The first-order valence-electron chi connectivity index (χ1n) is 7.91. The van der Waals surface area contributed by atoms with E-state index < -0.39 is 0 Å². The minimum Gasteiger partial charge on any atom is -0.396 e. The molecule has 18 heavy (non-hydrogen) atoms. The maximum absolute atomic E-state index is 9.01. The van der Waals surface area contributed by atoms with E-state index >= 15 is 0 Å². The van der Waals surface area contributed by atoms with Crippen molar-refractivity contribution in [3.8, 4) is 0 Å². The van der Waals surface area contributed by atoms with Gasteiger partial charge in [0.25, 0.3) is 0 Å². The molecule has 1 aliphatic carbocycles. The SMILES string of the molecule is CCCNC1CC(CCCO)CN(C2CCC2)C1. The van der Waals surface area contributed by atoms with Crippen LogP contribution >= 0.6 is 0 Å². The summed E-state index contributed by atoms with van der Waals surface area (Å²) in [7, 11) is 0. The molecule has 2 unspecified atom stereocenters. The highest BCUT2D eigenvalue weighted by Gasteiger charge is 2.33. The molecular weight excluding hydrogens is 224 g/mol. The number of likely N-dealkylation sites (tertiary alicyclic amines) is 1. The van der Waals surface area contributed by atoms with E-state index in [1.807, 2.05) is 0 Å². The fourth-order valence-electron chi connectivity index (χ4n) is 3.38. The van der Waals surface area contributed by atoms with Crippen molar-refractivity contribution < 1.29 is 5.11 Å². The quantitative estimate of drug-likeness (QED) is 0.729. The number of aliphatic hydroxyl groups excluding tert-OH is 1. The predicted molar refractivity (Wildman–Crippen MR) is 75.7 cm³/mol. The molecule has 0 aromatic rings. The van der Waals surface area contributed by atoms with Crippen LogP contribution in [0, 0.1) is 5.92 Å². The second-order valence-electron chi connectivity index (χ2n) is 6.16.